The van der Waals surface area contributed by atoms with E-state index in [1.54, 1.807) is 13.2 Å². The number of carbonyl (C=O) groups excluding carboxylic acids is 1. The molecule has 6 nitrogen and oxygen atoms in total. The van der Waals surface area contributed by atoms with Crippen LogP contribution in [0.25, 0.3) is 10.2 Å². The molecule has 1 amide bonds. The number of aromatic nitrogens is 3. The molecule has 1 N–H and O–H groups in total. The summed E-state index contributed by atoms with van der Waals surface area (Å²) in [5.74, 6) is 0.452. The predicted octanol–water partition coefficient (Wildman–Crippen LogP) is 2.35. The van der Waals surface area contributed by atoms with Gasteiger partial charge >= 0.3 is 0 Å². The van der Waals surface area contributed by atoms with Crippen LogP contribution in [-0.2, 0) is 0 Å². The van der Waals surface area contributed by atoms with Crippen molar-refractivity contribution in [3.05, 3.63) is 42.5 Å². The third-order valence-electron chi connectivity index (χ3n) is 2.63. The van der Waals surface area contributed by atoms with E-state index >= 15 is 0 Å². The largest absolute Gasteiger partial charge is 0.497 e. The smallest absolute Gasteiger partial charge is 0.276 e. The van der Waals surface area contributed by atoms with Gasteiger partial charge < -0.3 is 4.74 Å². The van der Waals surface area contributed by atoms with Crippen LogP contribution in [0.1, 0.15) is 10.5 Å². The SMILES string of the molecule is COc1ccc2nc(NC(=O)c3ccncn3)sc2c1. The number of amides is 1. The lowest BCUT2D eigenvalue weighted by Crippen LogP contribution is -2.13. The van der Waals surface area contributed by atoms with Crippen molar-refractivity contribution in [1.82, 2.24) is 15.0 Å². The highest BCUT2D eigenvalue weighted by Crippen LogP contribution is 2.29. The molecule has 0 fully saturated rings. The predicted molar refractivity (Wildman–Crippen MR) is 76.2 cm³/mol. The Balaban J connectivity index is 1.86. The van der Waals surface area contributed by atoms with Crippen LogP contribution in [0.3, 0.4) is 0 Å². The lowest BCUT2D eigenvalue weighted by Gasteiger charge is -1.98. The van der Waals surface area contributed by atoms with Crippen LogP contribution >= 0.6 is 11.3 Å². The van der Waals surface area contributed by atoms with Crippen LogP contribution in [-0.4, -0.2) is 28.0 Å². The first-order valence-electron chi connectivity index (χ1n) is 5.78. The van der Waals surface area contributed by atoms with Crippen molar-refractivity contribution < 1.29 is 9.53 Å². The molecule has 0 aliphatic carbocycles. The zero-order valence-corrected chi connectivity index (χ0v) is 11.3. The van der Waals surface area contributed by atoms with E-state index in [9.17, 15) is 4.79 Å². The quantitative estimate of drug-likeness (QED) is 0.799. The van der Waals surface area contributed by atoms with Crippen LogP contribution in [0.4, 0.5) is 5.13 Å². The van der Waals surface area contributed by atoms with E-state index in [1.165, 1.54) is 23.9 Å². The molecule has 0 spiro atoms. The van der Waals surface area contributed by atoms with Gasteiger partial charge in [-0.2, -0.15) is 0 Å². The molecule has 0 atom stereocenters. The van der Waals surface area contributed by atoms with Crippen molar-refractivity contribution in [2.24, 2.45) is 0 Å². The lowest BCUT2D eigenvalue weighted by molar-refractivity contribution is 0.102. The highest BCUT2D eigenvalue weighted by Gasteiger charge is 2.11. The number of fused-ring (bicyclic) bond motifs is 1. The third kappa shape index (κ3) is 2.43. The Labute approximate surface area is 118 Å². The van der Waals surface area contributed by atoms with Gasteiger partial charge in [0.2, 0.25) is 0 Å². The van der Waals surface area contributed by atoms with Crippen LogP contribution < -0.4 is 10.1 Å². The molecule has 0 radical (unpaired) electrons. The minimum Gasteiger partial charge on any atom is -0.497 e. The number of methoxy groups -OCH3 is 1. The lowest BCUT2D eigenvalue weighted by atomic mass is 10.3. The van der Waals surface area contributed by atoms with Gasteiger partial charge in [-0.3, -0.25) is 10.1 Å². The monoisotopic (exact) mass is 286 g/mol. The Morgan fingerprint density at radius 2 is 2.25 bits per heavy atom. The molecular weight excluding hydrogens is 276 g/mol. The number of benzene rings is 1. The van der Waals surface area contributed by atoms with Gasteiger partial charge in [-0.25, -0.2) is 15.0 Å². The van der Waals surface area contributed by atoms with Gasteiger partial charge in [-0.1, -0.05) is 11.3 Å². The van der Waals surface area contributed by atoms with E-state index in [1.807, 2.05) is 18.2 Å². The van der Waals surface area contributed by atoms with E-state index in [0.717, 1.165) is 16.0 Å². The summed E-state index contributed by atoms with van der Waals surface area (Å²) in [6, 6.07) is 7.11. The average molecular weight is 286 g/mol. The molecule has 1 aromatic carbocycles. The number of thiazole rings is 1. The fraction of sp³-hybridized carbons (Fsp3) is 0.0769. The summed E-state index contributed by atoms with van der Waals surface area (Å²) in [6.45, 7) is 0. The van der Waals surface area contributed by atoms with Crippen LogP contribution in [0.15, 0.2) is 36.8 Å². The molecule has 0 saturated carbocycles. The van der Waals surface area contributed by atoms with Gasteiger partial charge in [0.1, 0.15) is 17.8 Å². The van der Waals surface area contributed by atoms with E-state index in [-0.39, 0.29) is 5.91 Å². The van der Waals surface area contributed by atoms with Crippen molar-refractivity contribution in [1.29, 1.82) is 0 Å². The summed E-state index contributed by atoms with van der Waals surface area (Å²) < 4.78 is 6.10. The van der Waals surface area contributed by atoms with E-state index in [4.69, 9.17) is 4.74 Å². The van der Waals surface area contributed by atoms with Gasteiger partial charge in [0, 0.05) is 6.20 Å². The van der Waals surface area contributed by atoms with Gasteiger partial charge in [-0.05, 0) is 24.3 Å². The first-order chi connectivity index (χ1) is 9.76. The zero-order chi connectivity index (χ0) is 13.9. The van der Waals surface area contributed by atoms with E-state index < -0.39 is 0 Å². The van der Waals surface area contributed by atoms with Gasteiger partial charge in [0.15, 0.2) is 5.13 Å². The summed E-state index contributed by atoms with van der Waals surface area (Å²) in [4.78, 5) is 24.0. The standard InChI is InChI=1S/C13H10N4O2S/c1-19-8-2-3-9-11(6-8)20-13(16-9)17-12(18)10-4-5-14-7-15-10/h2-7H,1H3,(H,16,17,18). The second kappa shape index (κ2) is 5.22. The maximum atomic E-state index is 12.0. The van der Waals surface area contributed by atoms with Crippen LogP contribution in [0.5, 0.6) is 5.75 Å². The molecule has 3 aromatic rings. The summed E-state index contributed by atoms with van der Waals surface area (Å²) in [5, 5.41) is 3.25. The van der Waals surface area contributed by atoms with Crippen LogP contribution in [0.2, 0.25) is 0 Å². The van der Waals surface area contributed by atoms with Crippen molar-refractivity contribution >= 4 is 32.6 Å². The number of anilines is 1. The Hall–Kier alpha value is -2.54. The number of nitrogens with zero attached hydrogens (tertiary/aromatic N) is 3. The zero-order valence-electron chi connectivity index (χ0n) is 10.5. The molecule has 3 rings (SSSR count). The number of ether oxygens (including phenoxy) is 1. The molecule has 7 heteroatoms. The summed E-state index contributed by atoms with van der Waals surface area (Å²) in [6.07, 6.45) is 2.85. The highest BCUT2D eigenvalue weighted by atomic mass is 32.1. The Morgan fingerprint density at radius 3 is 3.00 bits per heavy atom. The Bertz CT molecular complexity index is 757. The topological polar surface area (TPSA) is 77.0 Å². The van der Waals surface area contributed by atoms with Crippen LogP contribution in [0, 0.1) is 0 Å². The molecule has 0 saturated heterocycles. The second-order valence-electron chi connectivity index (χ2n) is 3.90. The molecule has 0 aliphatic rings. The number of rotatable bonds is 3. The minimum absolute atomic E-state index is 0.303. The fourth-order valence-corrected chi connectivity index (χ4v) is 2.56. The molecule has 100 valence electrons. The molecule has 0 aliphatic heterocycles. The minimum atomic E-state index is -0.307. The first-order valence-corrected chi connectivity index (χ1v) is 6.60. The normalized spacial score (nSPS) is 10.4. The summed E-state index contributed by atoms with van der Waals surface area (Å²) in [5.41, 5.74) is 1.12. The van der Waals surface area contributed by atoms with Crippen molar-refractivity contribution in [2.75, 3.05) is 12.4 Å². The highest BCUT2D eigenvalue weighted by molar-refractivity contribution is 7.22. The molecule has 2 aromatic heterocycles. The van der Waals surface area contributed by atoms with Crippen molar-refractivity contribution in [3.8, 4) is 5.75 Å². The summed E-state index contributed by atoms with van der Waals surface area (Å²) in [7, 11) is 1.61. The van der Waals surface area contributed by atoms with Gasteiger partial charge in [-0.15, -0.1) is 0 Å². The molecule has 0 unspecified atom stereocenters. The molecular formula is C13H10N4O2S. The Kier molecular flexibility index (Phi) is 3.26. The first kappa shape index (κ1) is 12.5. The maximum Gasteiger partial charge on any atom is 0.276 e. The molecule has 20 heavy (non-hydrogen) atoms. The average Bonchev–Trinajstić information content (AvgIpc) is 2.89. The van der Waals surface area contributed by atoms with Crippen molar-refractivity contribution in [3.63, 3.8) is 0 Å². The number of carbonyl (C=O) groups is 1. The van der Waals surface area contributed by atoms with Crippen molar-refractivity contribution in [2.45, 2.75) is 0 Å². The second-order valence-corrected chi connectivity index (χ2v) is 4.93. The number of hydrogen-bond acceptors (Lipinski definition) is 6. The van der Waals surface area contributed by atoms with Gasteiger partial charge in [0.05, 0.1) is 17.3 Å². The number of nitrogens with one attached hydrogen (secondary N) is 1. The Morgan fingerprint density at radius 1 is 1.35 bits per heavy atom. The summed E-state index contributed by atoms with van der Waals surface area (Å²) >= 11 is 1.38. The number of hydrogen-bond donors (Lipinski definition) is 1. The van der Waals surface area contributed by atoms with Gasteiger partial charge in [0.25, 0.3) is 5.91 Å². The molecule has 0 bridgehead atoms. The van der Waals surface area contributed by atoms with E-state index in [0.29, 0.717) is 10.8 Å². The third-order valence-corrected chi connectivity index (χ3v) is 3.56. The van der Waals surface area contributed by atoms with E-state index in [2.05, 4.69) is 20.3 Å². The fourth-order valence-electron chi connectivity index (χ4n) is 1.67. The maximum absolute atomic E-state index is 12.0. The molecule has 2 heterocycles.